The fourth-order valence-electron chi connectivity index (χ4n) is 3.63. The van der Waals surface area contributed by atoms with Gasteiger partial charge in [-0.3, -0.25) is 9.89 Å². The quantitative estimate of drug-likeness (QED) is 0.237. The van der Waals surface area contributed by atoms with E-state index in [4.69, 9.17) is 16.0 Å². The van der Waals surface area contributed by atoms with Gasteiger partial charge in [-0.2, -0.15) is 5.10 Å². The number of hydrogen-bond donors (Lipinski definition) is 2. The number of H-pyrrole nitrogens is 1. The largest absolute Gasteiger partial charge is 0.408 e. The van der Waals surface area contributed by atoms with Crippen molar-refractivity contribution in [1.29, 1.82) is 0 Å². The van der Waals surface area contributed by atoms with Gasteiger partial charge in [0.05, 0.1) is 23.4 Å². The minimum atomic E-state index is -2.26. The van der Waals surface area contributed by atoms with Crippen LogP contribution >= 0.6 is 11.6 Å². The maximum Gasteiger partial charge on any atom is 0.251 e. The molecule has 0 spiro atoms. The Morgan fingerprint density at radius 2 is 1.95 bits per heavy atom. The molecule has 1 aromatic carbocycles. The first-order valence-electron chi connectivity index (χ1n) is 12.3. The van der Waals surface area contributed by atoms with E-state index in [9.17, 15) is 9.18 Å². The van der Waals surface area contributed by atoms with Gasteiger partial charge in [0, 0.05) is 35.8 Å². The van der Waals surface area contributed by atoms with Gasteiger partial charge in [-0.15, -0.1) is 0 Å². The fourth-order valence-corrected chi connectivity index (χ4v) is 5.02. The zero-order valence-corrected chi connectivity index (χ0v) is 24.1. The Balaban J connectivity index is 1.61. The Bertz CT molecular complexity index is 1500. The molecular formula is C27H32ClFN6O2Si. The second kappa shape index (κ2) is 10.8. The van der Waals surface area contributed by atoms with Crippen molar-refractivity contribution in [2.75, 3.05) is 5.32 Å². The highest BCUT2D eigenvalue weighted by molar-refractivity contribution is 6.74. The van der Waals surface area contributed by atoms with Gasteiger partial charge in [-0.1, -0.05) is 38.4 Å². The number of nitrogens with one attached hydrogen (secondary N) is 2. The molecule has 0 radical (unpaired) electrons. The molecule has 0 amide bonds. The van der Waals surface area contributed by atoms with Crippen LogP contribution in [-0.4, -0.2) is 33.0 Å². The van der Waals surface area contributed by atoms with Crippen molar-refractivity contribution in [3.8, 4) is 11.3 Å². The number of rotatable bonds is 8. The van der Waals surface area contributed by atoms with E-state index in [0.717, 1.165) is 5.69 Å². The average Bonchev–Trinajstić information content (AvgIpc) is 3.25. The molecular weight excluding hydrogens is 523 g/mol. The summed E-state index contributed by atoms with van der Waals surface area (Å²) in [5.74, 6) is 0.445. The molecule has 200 valence electrons. The van der Waals surface area contributed by atoms with E-state index in [2.05, 4.69) is 59.3 Å². The molecule has 38 heavy (non-hydrogen) atoms. The molecule has 11 heteroatoms. The topological polar surface area (TPSA) is 97.7 Å². The molecule has 1 atom stereocenters. The molecule has 0 fully saturated rings. The molecule has 4 aromatic rings. The number of anilines is 2. The SMILES string of the molecule is Cc1cc(Nc2nccc(-c3ccn(C[C@@H](O[Si](C)(C)C(C)(C)C)c4ccc(Cl)c(F)c4)c(=O)c3)n2)n[nH]1. The smallest absolute Gasteiger partial charge is 0.251 e. The molecule has 3 heterocycles. The van der Waals surface area contributed by atoms with Crippen LogP contribution in [0.25, 0.3) is 11.3 Å². The van der Waals surface area contributed by atoms with Gasteiger partial charge in [0.2, 0.25) is 5.95 Å². The summed E-state index contributed by atoms with van der Waals surface area (Å²) in [6.45, 7) is 12.8. The summed E-state index contributed by atoms with van der Waals surface area (Å²) in [4.78, 5) is 22.0. The lowest BCUT2D eigenvalue weighted by atomic mass is 10.1. The molecule has 0 aliphatic heterocycles. The zero-order valence-electron chi connectivity index (χ0n) is 22.3. The maximum absolute atomic E-state index is 14.4. The Kier molecular flexibility index (Phi) is 7.87. The second-order valence-corrected chi connectivity index (χ2v) is 15.9. The van der Waals surface area contributed by atoms with Crippen LogP contribution in [0.1, 0.15) is 38.1 Å². The number of benzene rings is 1. The molecule has 2 N–H and O–H groups in total. The number of aromatic nitrogens is 5. The highest BCUT2D eigenvalue weighted by Crippen LogP contribution is 2.40. The van der Waals surface area contributed by atoms with Crippen molar-refractivity contribution in [3.05, 3.63) is 87.3 Å². The van der Waals surface area contributed by atoms with Gasteiger partial charge < -0.3 is 14.3 Å². The monoisotopic (exact) mass is 554 g/mol. The van der Waals surface area contributed by atoms with E-state index in [0.29, 0.717) is 28.6 Å². The number of halogens is 2. The lowest BCUT2D eigenvalue weighted by molar-refractivity contribution is 0.161. The van der Waals surface area contributed by atoms with Gasteiger partial charge in [0.1, 0.15) is 5.82 Å². The Morgan fingerprint density at radius 1 is 1.18 bits per heavy atom. The minimum absolute atomic E-state index is 0.0440. The molecule has 0 bridgehead atoms. The summed E-state index contributed by atoms with van der Waals surface area (Å²) in [6, 6.07) is 11.6. The Hall–Kier alpha value is -3.34. The summed E-state index contributed by atoms with van der Waals surface area (Å²) in [5, 5.41) is 10.0. The normalized spacial score (nSPS) is 12.9. The number of aromatic amines is 1. The number of hydrogen-bond acceptors (Lipinski definition) is 6. The molecule has 3 aromatic heterocycles. The van der Waals surface area contributed by atoms with Crippen LogP contribution in [0, 0.1) is 12.7 Å². The van der Waals surface area contributed by atoms with E-state index in [1.165, 1.54) is 18.2 Å². The predicted molar refractivity (Wildman–Crippen MR) is 151 cm³/mol. The average molecular weight is 555 g/mol. The van der Waals surface area contributed by atoms with Crippen LogP contribution < -0.4 is 10.9 Å². The summed E-state index contributed by atoms with van der Waals surface area (Å²) in [7, 11) is -2.26. The minimum Gasteiger partial charge on any atom is -0.408 e. The molecule has 0 saturated heterocycles. The molecule has 0 aliphatic carbocycles. The van der Waals surface area contributed by atoms with Crippen LogP contribution in [0.3, 0.4) is 0 Å². The van der Waals surface area contributed by atoms with Gasteiger partial charge in [0.15, 0.2) is 14.1 Å². The maximum atomic E-state index is 14.4. The van der Waals surface area contributed by atoms with Crippen LogP contribution in [-0.2, 0) is 11.0 Å². The molecule has 4 rings (SSSR count). The second-order valence-electron chi connectivity index (χ2n) is 10.8. The standard InChI is InChI=1S/C27H32ClFN6O2Si/c1-17-13-24(34-33-17)32-26-30-11-9-22(31-26)18-10-12-35(25(36)15-18)16-23(37-38(5,6)27(2,3)4)19-7-8-20(28)21(29)14-19/h7-15,23H,16H2,1-6H3,(H2,30,31,32,33,34)/t23-/m1/s1. The summed E-state index contributed by atoms with van der Waals surface area (Å²) < 4.78 is 22.6. The number of aryl methyl sites for hydroxylation is 1. The summed E-state index contributed by atoms with van der Waals surface area (Å²) in [5.41, 5.74) is 2.55. The highest BCUT2D eigenvalue weighted by atomic mass is 35.5. The fraction of sp³-hybridized carbons (Fsp3) is 0.333. The van der Waals surface area contributed by atoms with Crippen molar-refractivity contribution >= 4 is 31.7 Å². The molecule has 0 saturated carbocycles. The van der Waals surface area contributed by atoms with Crippen LogP contribution in [0.15, 0.2) is 59.7 Å². The molecule has 8 nitrogen and oxygen atoms in total. The van der Waals surface area contributed by atoms with E-state index in [-0.39, 0.29) is 22.2 Å². The van der Waals surface area contributed by atoms with Crippen LogP contribution in [0.5, 0.6) is 0 Å². The third kappa shape index (κ3) is 6.37. The lowest BCUT2D eigenvalue weighted by Gasteiger charge is -2.39. The van der Waals surface area contributed by atoms with E-state index < -0.39 is 20.2 Å². The first kappa shape index (κ1) is 27.7. The van der Waals surface area contributed by atoms with E-state index >= 15 is 0 Å². The summed E-state index contributed by atoms with van der Waals surface area (Å²) in [6.07, 6.45) is 2.80. The van der Waals surface area contributed by atoms with Crippen LogP contribution in [0.2, 0.25) is 23.2 Å². The Morgan fingerprint density at radius 3 is 2.58 bits per heavy atom. The van der Waals surface area contributed by atoms with E-state index in [1.54, 1.807) is 29.1 Å². The number of pyridine rings is 1. The van der Waals surface area contributed by atoms with E-state index in [1.807, 2.05) is 19.1 Å². The number of nitrogens with zero attached hydrogens (tertiary/aromatic N) is 4. The van der Waals surface area contributed by atoms with Gasteiger partial charge >= 0.3 is 0 Å². The summed E-state index contributed by atoms with van der Waals surface area (Å²) >= 11 is 5.93. The van der Waals surface area contributed by atoms with Crippen LogP contribution in [0.4, 0.5) is 16.2 Å². The van der Waals surface area contributed by atoms with Crippen molar-refractivity contribution in [3.63, 3.8) is 0 Å². The predicted octanol–water partition coefficient (Wildman–Crippen LogP) is 6.64. The third-order valence-corrected chi connectivity index (χ3v) is 11.6. The third-order valence-electron chi connectivity index (χ3n) is 6.81. The highest BCUT2D eigenvalue weighted by Gasteiger charge is 2.39. The lowest BCUT2D eigenvalue weighted by Crippen LogP contribution is -2.43. The van der Waals surface area contributed by atoms with Crippen molar-refractivity contribution in [1.82, 2.24) is 24.7 Å². The van der Waals surface area contributed by atoms with Crippen molar-refractivity contribution < 1.29 is 8.82 Å². The first-order chi connectivity index (χ1) is 17.8. The van der Waals surface area contributed by atoms with Gasteiger partial charge in [0.25, 0.3) is 5.56 Å². The van der Waals surface area contributed by atoms with Crippen molar-refractivity contribution in [2.24, 2.45) is 0 Å². The van der Waals surface area contributed by atoms with Crippen molar-refractivity contribution in [2.45, 2.75) is 58.5 Å². The first-order valence-corrected chi connectivity index (χ1v) is 15.6. The molecule has 0 aliphatic rings. The van der Waals surface area contributed by atoms with Gasteiger partial charge in [-0.05, 0) is 54.9 Å². The zero-order chi connectivity index (χ0) is 27.7. The Labute approximate surface area is 227 Å². The molecule has 0 unspecified atom stereocenters. The van der Waals surface area contributed by atoms with Gasteiger partial charge in [-0.25, -0.2) is 14.4 Å².